The molecule has 0 aromatic carbocycles. The molecule has 1 atom stereocenters. The quantitative estimate of drug-likeness (QED) is 0.705. The maximum absolute atomic E-state index is 12.9. The zero-order chi connectivity index (χ0) is 18.5. The lowest BCUT2D eigenvalue weighted by atomic mass is 9.94. The molecule has 0 spiro atoms. The van der Waals surface area contributed by atoms with Crippen molar-refractivity contribution in [1.82, 2.24) is 19.7 Å². The molecule has 0 radical (unpaired) electrons. The van der Waals surface area contributed by atoms with Crippen LogP contribution in [0.15, 0.2) is 5.16 Å². The average molecular weight is 382 g/mol. The van der Waals surface area contributed by atoms with Crippen molar-refractivity contribution in [3.63, 3.8) is 0 Å². The van der Waals surface area contributed by atoms with Crippen molar-refractivity contribution >= 4 is 23.6 Å². The van der Waals surface area contributed by atoms with Crippen LogP contribution in [0.3, 0.4) is 0 Å². The molecule has 8 heteroatoms. The third-order valence-electron chi connectivity index (χ3n) is 5.41. The molecule has 1 aliphatic carbocycles. The maximum Gasteiger partial charge on any atom is 0.235 e. The van der Waals surface area contributed by atoms with E-state index >= 15 is 0 Å². The van der Waals surface area contributed by atoms with Crippen molar-refractivity contribution in [2.24, 2.45) is 0 Å². The third-order valence-corrected chi connectivity index (χ3v) is 6.48. The molecule has 2 fully saturated rings. The number of carbonyl (C=O) groups excluding carboxylic acids is 1. The van der Waals surface area contributed by atoms with Crippen LogP contribution in [-0.4, -0.2) is 70.2 Å². The van der Waals surface area contributed by atoms with E-state index in [-0.39, 0.29) is 11.2 Å². The highest BCUT2D eigenvalue weighted by atomic mass is 32.2. The van der Waals surface area contributed by atoms with Crippen molar-refractivity contribution in [2.75, 3.05) is 38.3 Å². The number of hydrogen-bond acceptors (Lipinski definition) is 6. The van der Waals surface area contributed by atoms with Crippen LogP contribution in [0, 0.1) is 0 Å². The minimum absolute atomic E-state index is 0.158. The van der Waals surface area contributed by atoms with Crippen molar-refractivity contribution in [2.45, 2.75) is 68.9 Å². The Balaban J connectivity index is 1.65. The molecule has 146 valence electrons. The number of anilines is 1. The Morgan fingerprint density at radius 2 is 1.96 bits per heavy atom. The van der Waals surface area contributed by atoms with Gasteiger partial charge >= 0.3 is 0 Å². The maximum atomic E-state index is 12.9. The lowest BCUT2D eigenvalue weighted by Crippen LogP contribution is -2.42. The second kappa shape index (κ2) is 9.08. The lowest BCUT2D eigenvalue weighted by molar-refractivity contribution is -0.131. The summed E-state index contributed by atoms with van der Waals surface area (Å²) in [5.41, 5.74) is 0. The van der Waals surface area contributed by atoms with Gasteiger partial charge in [0, 0.05) is 32.7 Å². The molecule has 1 saturated heterocycles. The fraction of sp³-hybridized carbons (Fsp3) is 0.833. The second-order valence-electron chi connectivity index (χ2n) is 7.13. The first-order chi connectivity index (χ1) is 12.6. The second-order valence-corrected chi connectivity index (χ2v) is 8.44. The van der Waals surface area contributed by atoms with Crippen LogP contribution in [0.1, 0.15) is 46.0 Å². The Hall–Kier alpha value is -1.28. The summed E-state index contributed by atoms with van der Waals surface area (Å²) in [5, 5.41) is 9.44. The van der Waals surface area contributed by atoms with E-state index in [0.717, 1.165) is 56.8 Å². The first-order valence-corrected chi connectivity index (χ1v) is 10.7. The Bertz CT molecular complexity index is 596. The van der Waals surface area contributed by atoms with Crippen molar-refractivity contribution < 1.29 is 9.53 Å². The smallest absolute Gasteiger partial charge is 0.235 e. The van der Waals surface area contributed by atoms with Crippen molar-refractivity contribution in [3.8, 4) is 0 Å². The summed E-state index contributed by atoms with van der Waals surface area (Å²) < 4.78 is 7.54. The summed E-state index contributed by atoms with van der Waals surface area (Å²) in [5.74, 6) is 1.08. The first-order valence-electron chi connectivity index (χ1n) is 9.81. The fourth-order valence-electron chi connectivity index (χ4n) is 3.79. The topological polar surface area (TPSA) is 63.5 Å². The van der Waals surface area contributed by atoms with E-state index in [1.54, 1.807) is 0 Å². The Morgan fingerprint density at radius 3 is 2.62 bits per heavy atom. The van der Waals surface area contributed by atoms with Gasteiger partial charge in [-0.05, 0) is 26.7 Å². The van der Waals surface area contributed by atoms with Gasteiger partial charge in [-0.15, -0.1) is 10.2 Å². The number of rotatable bonds is 6. The van der Waals surface area contributed by atoms with Crippen LogP contribution in [0.5, 0.6) is 0 Å². The molecule has 1 amide bonds. The SMILES string of the molecule is CCn1c(SC(C)C(=O)N(C)C2CCCCC2)nnc1N1CCOCC1. The van der Waals surface area contributed by atoms with Gasteiger partial charge < -0.3 is 14.5 Å². The average Bonchev–Trinajstić information content (AvgIpc) is 3.10. The van der Waals surface area contributed by atoms with E-state index in [0.29, 0.717) is 6.04 Å². The number of carbonyl (C=O) groups is 1. The van der Waals surface area contributed by atoms with Gasteiger partial charge in [-0.25, -0.2) is 0 Å². The predicted molar refractivity (Wildman–Crippen MR) is 104 cm³/mol. The zero-order valence-electron chi connectivity index (χ0n) is 16.2. The Morgan fingerprint density at radius 1 is 1.27 bits per heavy atom. The van der Waals surface area contributed by atoms with Crippen molar-refractivity contribution in [3.05, 3.63) is 0 Å². The standard InChI is InChI=1S/C18H31N5O2S/c1-4-23-17(22-10-12-25-13-11-22)19-20-18(23)26-14(2)16(24)21(3)15-8-6-5-7-9-15/h14-15H,4-13H2,1-3H3. The molecule has 7 nitrogen and oxygen atoms in total. The number of morpholine rings is 1. The number of nitrogens with zero attached hydrogens (tertiary/aromatic N) is 5. The summed E-state index contributed by atoms with van der Waals surface area (Å²) >= 11 is 1.52. The van der Waals surface area contributed by atoms with Crippen molar-refractivity contribution in [1.29, 1.82) is 0 Å². The molecule has 26 heavy (non-hydrogen) atoms. The highest BCUT2D eigenvalue weighted by Gasteiger charge is 2.28. The van der Waals surface area contributed by atoms with E-state index < -0.39 is 0 Å². The summed E-state index contributed by atoms with van der Waals surface area (Å²) in [6, 6.07) is 0.396. The van der Waals surface area contributed by atoms with E-state index in [2.05, 4.69) is 26.6 Å². The molecule has 3 rings (SSSR count). The molecule has 0 N–H and O–H groups in total. The Labute approximate surface area is 160 Å². The zero-order valence-corrected chi connectivity index (χ0v) is 17.0. The molecular weight excluding hydrogens is 350 g/mol. The largest absolute Gasteiger partial charge is 0.378 e. The number of ether oxygens (including phenoxy) is 1. The van der Waals surface area contributed by atoms with Crippen LogP contribution in [0.4, 0.5) is 5.95 Å². The highest BCUT2D eigenvalue weighted by Crippen LogP contribution is 2.29. The van der Waals surface area contributed by atoms with E-state index in [4.69, 9.17) is 4.74 Å². The van der Waals surface area contributed by atoms with E-state index in [1.165, 1.54) is 31.0 Å². The first kappa shape index (κ1) is 19.5. The normalized spacial score (nSPS) is 20.2. The van der Waals surface area contributed by atoms with Gasteiger partial charge in [-0.3, -0.25) is 9.36 Å². The summed E-state index contributed by atoms with van der Waals surface area (Å²) in [6.45, 7) is 7.98. The molecule has 1 saturated carbocycles. The number of amides is 1. The Kier molecular flexibility index (Phi) is 6.80. The van der Waals surface area contributed by atoms with E-state index in [1.807, 2.05) is 18.9 Å². The van der Waals surface area contributed by atoms with Crippen LogP contribution in [0.2, 0.25) is 0 Å². The minimum atomic E-state index is -0.158. The van der Waals surface area contributed by atoms with Crippen LogP contribution < -0.4 is 4.90 Å². The molecular formula is C18H31N5O2S. The molecule has 0 bridgehead atoms. The summed E-state index contributed by atoms with van der Waals surface area (Å²) in [4.78, 5) is 17.1. The monoisotopic (exact) mass is 381 g/mol. The molecule has 1 unspecified atom stereocenters. The highest BCUT2D eigenvalue weighted by molar-refractivity contribution is 8.00. The third kappa shape index (κ3) is 4.34. The molecule has 1 aromatic heterocycles. The molecule has 1 aromatic rings. The van der Waals surface area contributed by atoms with Gasteiger partial charge in [0.25, 0.3) is 0 Å². The predicted octanol–water partition coefficient (Wildman–Crippen LogP) is 2.41. The van der Waals surface area contributed by atoms with Gasteiger partial charge in [-0.2, -0.15) is 0 Å². The molecule has 2 heterocycles. The van der Waals surface area contributed by atoms with E-state index in [9.17, 15) is 4.79 Å². The number of thioether (sulfide) groups is 1. The lowest BCUT2D eigenvalue weighted by Gasteiger charge is -2.32. The fourth-order valence-corrected chi connectivity index (χ4v) is 4.80. The van der Waals surface area contributed by atoms with Gasteiger partial charge in [-0.1, -0.05) is 31.0 Å². The number of aromatic nitrogens is 3. The number of hydrogen-bond donors (Lipinski definition) is 0. The van der Waals surface area contributed by atoms with Gasteiger partial charge in [0.1, 0.15) is 0 Å². The summed E-state index contributed by atoms with van der Waals surface area (Å²) in [6.07, 6.45) is 6.03. The molecule has 1 aliphatic heterocycles. The minimum Gasteiger partial charge on any atom is -0.378 e. The molecule has 2 aliphatic rings. The van der Waals surface area contributed by atoms with Crippen LogP contribution in [-0.2, 0) is 16.1 Å². The van der Waals surface area contributed by atoms with Gasteiger partial charge in [0.15, 0.2) is 5.16 Å². The van der Waals surface area contributed by atoms with Crippen LogP contribution in [0.25, 0.3) is 0 Å². The van der Waals surface area contributed by atoms with Gasteiger partial charge in [0.05, 0.1) is 18.5 Å². The van der Waals surface area contributed by atoms with Crippen LogP contribution >= 0.6 is 11.8 Å². The summed E-state index contributed by atoms with van der Waals surface area (Å²) in [7, 11) is 1.96. The van der Waals surface area contributed by atoms with Gasteiger partial charge in [0.2, 0.25) is 11.9 Å².